The Bertz CT molecular complexity index is 1680. The number of aryl methyl sites for hydroxylation is 2. The average Bonchev–Trinajstić information content (AvgIpc) is 3.33. The van der Waals surface area contributed by atoms with Gasteiger partial charge in [-0.05, 0) is 61.7 Å². The van der Waals surface area contributed by atoms with Crippen LogP contribution in [0.15, 0.2) is 82.6 Å². The Morgan fingerprint density at radius 1 is 0.947 bits per heavy atom. The van der Waals surface area contributed by atoms with Gasteiger partial charge in [0, 0.05) is 26.4 Å². The van der Waals surface area contributed by atoms with Crippen molar-refractivity contribution in [3.8, 4) is 22.4 Å². The Hall–Kier alpha value is -3.81. The predicted octanol–water partition coefficient (Wildman–Crippen LogP) is 8.44. The van der Waals surface area contributed by atoms with Crippen molar-refractivity contribution in [3.05, 3.63) is 105 Å². The maximum Gasteiger partial charge on any atom is 0.341 e. The van der Waals surface area contributed by atoms with Crippen molar-refractivity contribution < 1.29 is 14.3 Å². The summed E-state index contributed by atoms with van der Waals surface area (Å²) in [6.07, 6.45) is 0. The van der Waals surface area contributed by atoms with Gasteiger partial charge in [-0.15, -0.1) is 11.3 Å². The van der Waals surface area contributed by atoms with Gasteiger partial charge in [0.15, 0.2) is 0 Å². The van der Waals surface area contributed by atoms with Gasteiger partial charge in [-0.3, -0.25) is 4.79 Å². The third kappa shape index (κ3) is 5.12. The number of thiophene rings is 1. The van der Waals surface area contributed by atoms with Gasteiger partial charge in [0.1, 0.15) is 10.6 Å². The SMILES string of the molecule is CCOC(=O)c1c(-c2ccc(C)c(C)c2)csc1NC(=O)c1cc(-c2ccccc2)nc2ccc(Br)cc12. The minimum Gasteiger partial charge on any atom is -0.462 e. The van der Waals surface area contributed by atoms with Crippen LogP contribution in [0.3, 0.4) is 0 Å². The second-order valence-electron chi connectivity index (χ2n) is 8.91. The zero-order valence-electron chi connectivity index (χ0n) is 21.2. The maximum atomic E-state index is 13.8. The molecule has 5 rings (SSSR count). The fraction of sp³-hybridized carbons (Fsp3) is 0.129. The lowest BCUT2D eigenvalue weighted by Gasteiger charge is -2.12. The summed E-state index contributed by atoms with van der Waals surface area (Å²) in [5.74, 6) is -0.795. The van der Waals surface area contributed by atoms with E-state index in [9.17, 15) is 9.59 Å². The van der Waals surface area contributed by atoms with Gasteiger partial charge in [-0.25, -0.2) is 9.78 Å². The maximum absolute atomic E-state index is 13.8. The van der Waals surface area contributed by atoms with E-state index in [4.69, 9.17) is 9.72 Å². The number of amides is 1. The number of benzene rings is 3. The van der Waals surface area contributed by atoms with Crippen LogP contribution in [0, 0.1) is 13.8 Å². The topological polar surface area (TPSA) is 68.3 Å². The van der Waals surface area contributed by atoms with E-state index in [0.717, 1.165) is 26.7 Å². The van der Waals surface area contributed by atoms with E-state index in [-0.39, 0.29) is 12.5 Å². The molecule has 0 aliphatic carbocycles. The summed E-state index contributed by atoms with van der Waals surface area (Å²) in [7, 11) is 0. The number of ether oxygens (including phenoxy) is 1. The highest BCUT2D eigenvalue weighted by molar-refractivity contribution is 9.10. The van der Waals surface area contributed by atoms with Gasteiger partial charge in [0.05, 0.1) is 23.4 Å². The van der Waals surface area contributed by atoms with E-state index >= 15 is 0 Å². The third-order valence-corrected chi connectivity index (χ3v) is 7.79. The monoisotopic (exact) mass is 584 g/mol. The number of aromatic nitrogens is 1. The van der Waals surface area contributed by atoms with Gasteiger partial charge in [0.2, 0.25) is 0 Å². The number of nitrogens with one attached hydrogen (secondary N) is 1. The molecule has 2 heterocycles. The smallest absolute Gasteiger partial charge is 0.341 e. The van der Waals surface area contributed by atoms with E-state index in [1.165, 1.54) is 16.9 Å². The summed E-state index contributed by atoms with van der Waals surface area (Å²) in [6.45, 7) is 6.09. The summed E-state index contributed by atoms with van der Waals surface area (Å²) >= 11 is 4.83. The van der Waals surface area contributed by atoms with Crippen LogP contribution in [0.5, 0.6) is 0 Å². The van der Waals surface area contributed by atoms with Crippen molar-refractivity contribution in [2.75, 3.05) is 11.9 Å². The number of rotatable bonds is 6. The molecule has 5 nitrogen and oxygen atoms in total. The molecule has 0 radical (unpaired) electrons. The van der Waals surface area contributed by atoms with Crippen molar-refractivity contribution in [2.45, 2.75) is 20.8 Å². The number of hydrogen-bond donors (Lipinski definition) is 1. The first-order valence-corrected chi connectivity index (χ1v) is 13.9. The molecule has 0 fully saturated rings. The highest BCUT2D eigenvalue weighted by atomic mass is 79.9. The fourth-order valence-electron chi connectivity index (χ4n) is 4.29. The fourth-order valence-corrected chi connectivity index (χ4v) is 5.60. The molecule has 0 saturated carbocycles. The predicted molar refractivity (Wildman–Crippen MR) is 158 cm³/mol. The van der Waals surface area contributed by atoms with Gasteiger partial charge >= 0.3 is 5.97 Å². The van der Waals surface area contributed by atoms with Crippen LogP contribution in [-0.2, 0) is 4.74 Å². The number of fused-ring (bicyclic) bond motifs is 1. The highest BCUT2D eigenvalue weighted by Crippen LogP contribution is 2.38. The number of carbonyl (C=O) groups is 2. The van der Waals surface area contributed by atoms with Crippen molar-refractivity contribution in [1.29, 1.82) is 0 Å². The molecule has 190 valence electrons. The molecule has 1 amide bonds. The van der Waals surface area contributed by atoms with Crippen molar-refractivity contribution in [3.63, 3.8) is 0 Å². The van der Waals surface area contributed by atoms with Crippen LogP contribution in [0.4, 0.5) is 5.00 Å². The molecule has 38 heavy (non-hydrogen) atoms. The first-order valence-electron chi connectivity index (χ1n) is 12.2. The Morgan fingerprint density at radius 3 is 2.47 bits per heavy atom. The molecule has 5 aromatic rings. The first kappa shape index (κ1) is 25.8. The van der Waals surface area contributed by atoms with Crippen molar-refractivity contribution in [1.82, 2.24) is 4.98 Å². The van der Waals surface area contributed by atoms with Gasteiger partial charge in [-0.2, -0.15) is 0 Å². The van der Waals surface area contributed by atoms with Crippen LogP contribution in [0.2, 0.25) is 0 Å². The number of carbonyl (C=O) groups excluding carboxylic acids is 2. The van der Waals surface area contributed by atoms with Crippen LogP contribution in [0.25, 0.3) is 33.3 Å². The number of anilines is 1. The standard InChI is InChI=1S/C31H25BrN2O3S/c1-4-37-31(36)28-25(21-11-10-18(2)19(3)14-21)17-38-30(28)34-29(35)24-16-27(20-8-6-5-7-9-20)33-26-13-12-22(32)15-23(24)26/h5-17H,4H2,1-3H3,(H,34,35). The van der Waals surface area contributed by atoms with E-state index in [1.54, 1.807) is 13.0 Å². The molecule has 0 bridgehead atoms. The van der Waals surface area contributed by atoms with Crippen LogP contribution in [0.1, 0.15) is 38.8 Å². The molecule has 0 aliphatic heterocycles. The zero-order valence-corrected chi connectivity index (χ0v) is 23.6. The Labute approximate surface area is 233 Å². The lowest BCUT2D eigenvalue weighted by Crippen LogP contribution is -2.15. The van der Waals surface area contributed by atoms with Gasteiger partial charge < -0.3 is 10.1 Å². The molecule has 0 spiro atoms. The molecule has 0 saturated heterocycles. The first-order chi connectivity index (χ1) is 18.4. The number of esters is 1. The number of nitrogens with zero attached hydrogens (tertiary/aromatic N) is 1. The van der Waals surface area contributed by atoms with E-state index < -0.39 is 5.97 Å². The largest absolute Gasteiger partial charge is 0.462 e. The summed E-state index contributed by atoms with van der Waals surface area (Å²) in [6, 6.07) is 23.3. The number of halogens is 1. The van der Waals surface area contributed by atoms with Crippen LogP contribution >= 0.6 is 27.3 Å². The Kier molecular flexibility index (Phi) is 7.40. The Balaban J connectivity index is 1.60. The zero-order chi connectivity index (χ0) is 26.8. The average molecular weight is 586 g/mol. The number of hydrogen-bond acceptors (Lipinski definition) is 5. The molecule has 3 aromatic carbocycles. The van der Waals surface area contributed by atoms with Crippen molar-refractivity contribution >= 4 is 55.0 Å². The molecule has 2 aromatic heterocycles. The third-order valence-electron chi connectivity index (χ3n) is 6.40. The van der Waals surface area contributed by atoms with Crippen LogP contribution in [-0.4, -0.2) is 23.5 Å². The lowest BCUT2D eigenvalue weighted by molar-refractivity contribution is 0.0529. The van der Waals surface area contributed by atoms with E-state index in [2.05, 4.69) is 21.2 Å². The summed E-state index contributed by atoms with van der Waals surface area (Å²) in [4.78, 5) is 31.7. The summed E-state index contributed by atoms with van der Waals surface area (Å²) < 4.78 is 6.23. The minimum absolute atomic E-state index is 0.234. The molecule has 0 aliphatic rings. The van der Waals surface area contributed by atoms with Crippen molar-refractivity contribution in [2.24, 2.45) is 0 Å². The Morgan fingerprint density at radius 2 is 1.74 bits per heavy atom. The molecule has 7 heteroatoms. The molecular formula is C31H25BrN2O3S. The molecule has 0 atom stereocenters. The second-order valence-corrected chi connectivity index (χ2v) is 10.7. The van der Waals surface area contributed by atoms with E-state index in [0.29, 0.717) is 32.7 Å². The lowest BCUT2D eigenvalue weighted by atomic mass is 9.99. The second kappa shape index (κ2) is 10.9. The van der Waals surface area contributed by atoms with Crippen LogP contribution < -0.4 is 5.32 Å². The molecular weight excluding hydrogens is 560 g/mol. The molecule has 0 unspecified atom stereocenters. The highest BCUT2D eigenvalue weighted by Gasteiger charge is 2.24. The normalized spacial score (nSPS) is 10.9. The minimum atomic E-state index is -0.468. The van der Waals surface area contributed by atoms with E-state index in [1.807, 2.05) is 86.0 Å². The summed E-state index contributed by atoms with van der Waals surface area (Å²) in [5, 5.41) is 6.06. The molecule has 1 N–H and O–H groups in total. The van der Waals surface area contributed by atoms with Gasteiger partial charge in [-0.1, -0.05) is 64.5 Å². The summed E-state index contributed by atoms with van der Waals surface area (Å²) in [5.41, 5.74) is 7.05. The quantitative estimate of drug-likeness (QED) is 0.203. The number of pyridine rings is 1. The van der Waals surface area contributed by atoms with Gasteiger partial charge in [0.25, 0.3) is 5.91 Å².